The second kappa shape index (κ2) is 4.47. The number of hydrogen-bond donors (Lipinski definition) is 0. The molecule has 5 nitrogen and oxygen atoms in total. The number of rotatable bonds is 3. The summed E-state index contributed by atoms with van der Waals surface area (Å²) in [5, 5.41) is 8.50. The van der Waals surface area contributed by atoms with Crippen molar-refractivity contribution in [2.75, 3.05) is 31.6 Å². The molecule has 19 heavy (non-hydrogen) atoms. The molecule has 3 heterocycles. The van der Waals surface area contributed by atoms with Crippen molar-refractivity contribution in [3.05, 3.63) is 5.89 Å². The highest BCUT2D eigenvalue weighted by molar-refractivity contribution is 5.30. The van der Waals surface area contributed by atoms with Crippen LogP contribution in [0.4, 0.5) is 6.01 Å². The van der Waals surface area contributed by atoms with Crippen molar-refractivity contribution in [2.45, 2.75) is 45.1 Å². The summed E-state index contributed by atoms with van der Waals surface area (Å²) in [6.45, 7) is 9.76. The summed E-state index contributed by atoms with van der Waals surface area (Å²) < 4.78 is 5.91. The zero-order valence-electron chi connectivity index (χ0n) is 12.4. The van der Waals surface area contributed by atoms with Crippen LogP contribution in [0.15, 0.2) is 4.42 Å². The second-order valence-electron chi connectivity index (χ2n) is 6.63. The molecule has 2 saturated heterocycles. The van der Waals surface area contributed by atoms with E-state index in [1.54, 1.807) is 0 Å². The molecule has 0 unspecified atom stereocenters. The summed E-state index contributed by atoms with van der Waals surface area (Å²) in [6.07, 6.45) is 2.29. The van der Waals surface area contributed by atoms with Gasteiger partial charge in [0.1, 0.15) is 0 Å². The molecule has 2 atom stereocenters. The maximum Gasteiger partial charge on any atom is 0.318 e. The standard InChI is InChI=1S/C14H24N4O/c1-5-14(2,3)12-15-16-13(19-12)18-8-10-6-7-17(4)11(10)9-18/h10-11H,5-9H2,1-4H3/t10-,11+/m0/s1. The summed E-state index contributed by atoms with van der Waals surface area (Å²) >= 11 is 0. The summed E-state index contributed by atoms with van der Waals surface area (Å²) in [5.41, 5.74) is -0.0301. The van der Waals surface area contributed by atoms with Crippen LogP contribution in [0.2, 0.25) is 0 Å². The van der Waals surface area contributed by atoms with E-state index in [0.717, 1.165) is 31.3 Å². The minimum Gasteiger partial charge on any atom is -0.407 e. The van der Waals surface area contributed by atoms with E-state index < -0.39 is 0 Å². The maximum atomic E-state index is 5.91. The summed E-state index contributed by atoms with van der Waals surface area (Å²) in [7, 11) is 2.22. The molecule has 1 aromatic heterocycles. The van der Waals surface area contributed by atoms with Gasteiger partial charge in [0.2, 0.25) is 5.89 Å². The van der Waals surface area contributed by atoms with Crippen LogP contribution in [0.3, 0.4) is 0 Å². The lowest BCUT2D eigenvalue weighted by atomic mass is 9.90. The Labute approximate surface area is 115 Å². The van der Waals surface area contributed by atoms with Crippen molar-refractivity contribution >= 4 is 6.01 Å². The second-order valence-corrected chi connectivity index (χ2v) is 6.63. The van der Waals surface area contributed by atoms with Crippen LogP contribution in [0, 0.1) is 5.92 Å². The molecule has 2 aliphatic heterocycles. The predicted octanol–water partition coefficient (Wildman–Crippen LogP) is 1.90. The molecule has 0 aliphatic carbocycles. The fourth-order valence-electron chi connectivity index (χ4n) is 3.10. The van der Waals surface area contributed by atoms with E-state index in [1.165, 1.54) is 13.0 Å². The largest absolute Gasteiger partial charge is 0.407 e. The van der Waals surface area contributed by atoms with Gasteiger partial charge in [-0.2, -0.15) is 0 Å². The number of hydrogen-bond acceptors (Lipinski definition) is 5. The van der Waals surface area contributed by atoms with E-state index in [4.69, 9.17) is 4.42 Å². The smallest absolute Gasteiger partial charge is 0.318 e. The van der Waals surface area contributed by atoms with Gasteiger partial charge in [-0.1, -0.05) is 25.9 Å². The van der Waals surface area contributed by atoms with Crippen molar-refractivity contribution < 1.29 is 4.42 Å². The molecule has 106 valence electrons. The number of nitrogens with zero attached hydrogens (tertiary/aromatic N) is 4. The molecule has 0 radical (unpaired) electrons. The Kier molecular flexibility index (Phi) is 3.04. The highest BCUT2D eigenvalue weighted by Crippen LogP contribution is 2.34. The average molecular weight is 264 g/mol. The Bertz CT molecular complexity index is 456. The summed E-state index contributed by atoms with van der Waals surface area (Å²) in [4.78, 5) is 4.71. The van der Waals surface area contributed by atoms with Gasteiger partial charge in [-0.25, -0.2) is 0 Å². The van der Waals surface area contributed by atoms with Gasteiger partial charge in [0.25, 0.3) is 0 Å². The van der Waals surface area contributed by atoms with Gasteiger partial charge in [0.15, 0.2) is 0 Å². The fraction of sp³-hybridized carbons (Fsp3) is 0.857. The minimum atomic E-state index is -0.0301. The zero-order valence-corrected chi connectivity index (χ0v) is 12.4. The quantitative estimate of drug-likeness (QED) is 0.834. The molecule has 0 N–H and O–H groups in total. The molecular weight excluding hydrogens is 240 g/mol. The van der Waals surface area contributed by atoms with E-state index in [1.807, 2.05) is 0 Å². The Balaban J connectivity index is 1.75. The highest BCUT2D eigenvalue weighted by atomic mass is 16.4. The molecule has 0 aromatic carbocycles. The van der Waals surface area contributed by atoms with Crippen LogP contribution in [0.25, 0.3) is 0 Å². The molecule has 0 bridgehead atoms. The summed E-state index contributed by atoms with van der Waals surface area (Å²) in [6, 6.07) is 1.37. The van der Waals surface area contributed by atoms with Crippen molar-refractivity contribution in [1.82, 2.24) is 15.1 Å². The lowest BCUT2D eigenvalue weighted by Crippen LogP contribution is -2.32. The molecular formula is C14H24N4O. The van der Waals surface area contributed by atoms with Crippen molar-refractivity contribution in [3.63, 3.8) is 0 Å². The van der Waals surface area contributed by atoms with Gasteiger partial charge in [0.05, 0.1) is 0 Å². The molecule has 3 rings (SSSR count). The third kappa shape index (κ3) is 2.14. The first kappa shape index (κ1) is 12.9. The molecule has 2 aliphatic rings. The third-order valence-electron chi connectivity index (χ3n) is 4.97. The van der Waals surface area contributed by atoms with Gasteiger partial charge in [-0.05, 0) is 32.4 Å². The first-order valence-electron chi connectivity index (χ1n) is 7.30. The Hall–Kier alpha value is -1.10. The zero-order chi connectivity index (χ0) is 13.6. The molecule has 2 fully saturated rings. The number of likely N-dealkylation sites (N-methyl/N-ethyl adjacent to an activating group) is 1. The summed E-state index contributed by atoms with van der Waals surface area (Å²) in [5.74, 6) is 1.52. The SMILES string of the molecule is CCC(C)(C)c1nnc(N2C[C@@H]3CCN(C)[C@@H]3C2)o1. The number of likely N-dealkylation sites (tertiary alicyclic amines) is 1. The molecule has 1 aromatic rings. The number of anilines is 1. The third-order valence-corrected chi connectivity index (χ3v) is 4.97. The fourth-order valence-corrected chi connectivity index (χ4v) is 3.10. The van der Waals surface area contributed by atoms with Gasteiger partial charge in [0, 0.05) is 24.5 Å². The predicted molar refractivity (Wildman–Crippen MR) is 74.4 cm³/mol. The first-order valence-corrected chi connectivity index (χ1v) is 7.30. The van der Waals surface area contributed by atoms with Crippen LogP contribution in [-0.4, -0.2) is 47.8 Å². The lowest BCUT2D eigenvalue weighted by molar-refractivity contribution is 0.309. The van der Waals surface area contributed by atoms with E-state index in [0.29, 0.717) is 12.1 Å². The molecule has 0 saturated carbocycles. The van der Waals surface area contributed by atoms with Crippen LogP contribution in [0.1, 0.15) is 39.5 Å². The normalized spacial score (nSPS) is 28.1. The Morgan fingerprint density at radius 3 is 2.79 bits per heavy atom. The Morgan fingerprint density at radius 1 is 1.32 bits per heavy atom. The van der Waals surface area contributed by atoms with Gasteiger partial charge in [-0.15, -0.1) is 5.10 Å². The van der Waals surface area contributed by atoms with Crippen LogP contribution < -0.4 is 4.90 Å². The minimum absolute atomic E-state index is 0.0301. The Morgan fingerprint density at radius 2 is 2.11 bits per heavy atom. The van der Waals surface area contributed by atoms with Gasteiger partial charge < -0.3 is 14.2 Å². The average Bonchev–Trinajstić information content (AvgIpc) is 3.06. The molecule has 5 heteroatoms. The monoisotopic (exact) mass is 264 g/mol. The maximum absolute atomic E-state index is 5.91. The molecule has 0 amide bonds. The first-order chi connectivity index (χ1) is 9.01. The van der Waals surface area contributed by atoms with E-state index in [9.17, 15) is 0 Å². The van der Waals surface area contributed by atoms with E-state index in [2.05, 4.69) is 47.8 Å². The topological polar surface area (TPSA) is 45.4 Å². The van der Waals surface area contributed by atoms with Crippen molar-refractivity contribution in [3.8, 4) is 0 Å². The molecule has 0 spiro atoms. The van der Waals surface area contributed by atoms with E-state index >= 15 is 0 Å². The lowest BCUT2D eigenvalue weighted by Gasteiger charge is -2.19. The van der Waals surface area contributed by atoms with Crippen LogP contribution in [-0.2, 0) is 5.41 Å². The van der Waals surface area contributed by atoms with Gasteiger partial charge >= 0.3 is 6.01 Å². The van der Waals surface area contributed by atoms with Gasteiger partial charge in [-0.3, -0.25) is 0 Å². The van der Waals surface area contributed by atoms with Crippen molar-refractivity contribution in [2.24, 2.45) is 5.92 Å². The van der Waals surface area contributed by atoms with E-state index in [-0.39, 0.29) is 5.41 Å². The van der Waals surface area contributed by atoms with Crippen molar-refractivity contribution in [1.29, 1.82) is 0 Å². The number of fused-ring (bicyclic) bond motifs is 1. The van der Waals surface area contributed by atoms with Crippen LogP contribution in [0.5, 0.6) is 0 Å². The highest BCUT2D eigenvalue weighted by Gasteiger charge is 2.41. The van der Waals surface area contributed by atoms with Crippen LogP contribution >= 0.6 is 0 Å². The number of aromatic nitrogens is 2.